The standard InChI is InChI=1S/C13H22N2O2S2/c1-13(2)5-3-10(4-6-13)15-19(16,17)12-7-11(8-14)18-9-12/h7,9-10,15H,3-6,8,14H2,1-2H3. The van der Waals surface area contributed by atoms with Crippen LogP contribution in [-0.2, 0) is 16.6 Å². The molecule has 6 heteroatoms. The van der Waals surface area contributed by atoms with E-state index in [1.54, 1.807) is 11.4 Å². The van der Waals surface area contributed by atoms with E-state index in [4.69, 9.17) is 5.73 Å². The summed E-state index contributed by atoms with van der Waals surface area (Å²) in [5.41, 5.74) is 5.86. The molecule has 1 aliphatic carbocycles. The predicted octanol–water partition coefficient (Wildman–Crippen LogP) is 2.45. The Labute approximate surface area is 119 Å². The number of nitrogens with two attached hydrogens (primary N) is 1. The molecule has 0 spiro atoms. The lowest BCUT2D eigenvalue weighted by Crippen LogP contribution is -2.39. The number of thiophene rings is 1. The van der Waals surface area contributed by atoms with Crippen molar-refractivity contribution in [2.24, 2.45) is 11.1 Å². The van der Waals surface area contributed by atoms with Gasteiger partial charge >= 0.3 is 0 Å². The van der Waals surface area contributed by atoms with Crippen LogP contribution in [0.5, 0.6) is 0 Å². The lowest BCUT2D eigenvalue weighted by atomic mass is 9.76. The van der Waals surface area contributed by atoms with Crippen LogP contribution in [0.2, 0.25) is 0 Å². The third-order valence-electron chi connectivity index (χ3n) is 3.80. The van der Waals surface area contributed by atoms with Gasteiger partial charge in [-0.15, -0.1) is 11.3 Å². The van der Waals surface area contributed by atoms with Crippen molar-refractivity contribution in [1.82, 2.24) is 4.72 Å². The SMILES string of the molecule is CC1(C)CCC(NS(=O)(=O)c2csc(CN)c2)CC1. The number of hydrogen-bond donors (Lipinski definition) is 2. The van der Waals surface area contributed by atoms with E-state index in [0.29, 0.717) is 16.9 Å². The molecule has 108 valence electrons. The summed E-state index contributed by atoms with van der Waals surface area (Å²) >= 11 is 1.39. The molecule has 0 saturated heterocycles. The summed E-state index contributed by atoms with van der Waals surface area (Å²) in [6.07, 6.45) is 3.97. The van der Waals surface area contributed by atoms with Crippen molar-refractivity contribution in [3.05, 3.63) is 16.3 Å². The number of sulfonamides is 1. The van der Waals surface area contributed by atoms with E-state index in [-0.39, 0.29) is 6.04 Å². The van der Waals surface area contributed by atoms with Crippen LogP contribution >= 0.6 is 11.3 Å². The number of nitrogens with one attached hydrogen (secondary N) is 1. The first-order chi connectivity index (χ1) is 8.82. The Morgan fingerprint density at radius 2 is 2.05 bits per heavy atom. The highest BCUT2D eigenvalue weighted by Crippen LogP contribution is 2.35. The summed E-state index contributed by atoms with van der Waals surface area (Å²) in [7, 11) is -3.38. The molecule has 0 amide bonds. The fourth-order valence-corrected chi connectivity index (χ4v) is 4.87. The van der Waals surface area contributed by atoms with Gasteiger partial charge in [0.25, 0.3) is 0 Å². The van der Waals surface area contributed by atoms with Gasteiger partial charge in [0, 0.05) is 22.8 Å². The zero-order chi connectivity index (χ0) is 14.1. The van der Waals surface area contributed by atoms with Crippen molar-refractivity contribution in [3.8, 4) is 0 Å². The molecule has 0 bridgehead atoms. The Hall–Kier alpha value is -0.430. The van der Waals surface area contributed by atoms with Crippen molar-refractivity contribution in [1.29, 1.82) is 0 Å². The highest BCUT2D eigenvalue weighted by Gasteiger charge is 2.29. The van der Waals surface area contributed by atoms with Crippen LogP contribution < -0.4 is 10.5 Å². The highest BCUT2D eigenvalue weighted by atomic mass is 32.2. The molecular formula is C13H22N2O2S2. The Kier molecular flexibility index (Phi) is 4.35. The zero-order valence-corrected chi connectivity index (χ0v) is 13.1. The lowest BCUT2D eigenvalue weighted by Gasteiger charge is -2.34. The summed E-state index contributed by atoms with van der Waals surface area (Å²) < 4.78 is 27.3. The Morgan fingerprint density at radius 3 is 2.58 bits per heavy atom. The van der Waals surface area contributed by atoms with Crippen LogP contribution in [0.25, 0.3) is 0 Å². The van der Waals surface area contributed by atoms with E-state index >= 15 is 0 Å². The molecule has 0 aliphatic heterocycles. The van der Waals surface area contributed by atoms with Gasteiger partial charge in [-0.1, -0.05) is 13.8 Å². The van der Waals surface area contributed by atoms with E-state index in [9.17, 15) is 8.42 Å². The maximum absolute atomic E-state index is 12.2. The molecule has 0 aromatic carbocycles. The molecule has 2 rings (SSSR count). The smallest absolute Gasteiger partial charge is 0.241 e. The second-order valence-corrected chi connectivity index (χ2v) is 8.72. The van der Waals surface area contributed by atoms with Gasteiger partial charge in [0.15, 0.2) is 0 Å². The quantitative estimate of drug-likeness (QED) is 0.897. The van der Waals surface area contributed by atoms with E-state index in [2.05, 4.69) is 18.6 Å². The molecule has 0 radical (unpaired) electrons. The zero-order valence-electron chi connectivity index (χ0n) is 11.5. The molecule has 1 aliphatic rings. The van der Waals surface area contributed by atoms with E-state index in [0.717, 1.165) is 30.6 Å². The third-order valence-corrected chi connectivity index (χ3v) is 6.41. The van der Waals surface area contributed by atoms with E-state index in [1.165, 1.54) is 11.3 Å². The fourth-order valence-electron chi connectivity index (χ4n) is 2.41. The van der Waals surface area contributed by atoms with Crippen LogP contribution in [0.3, 0.4) is 0 Å². The summed E-state index contributed by atoms with van der Waals surface area (Å²) in [6.45, 7) is 4.87. The molecule has 1 fully saturated rings. The summed E-state index contributed by atoms with van der Waals surface area (Å²) in [5.74, 6) is 0. The van der Waals surface area contributed by atoms with E-state index in [1.807, 2.05) is 0 Å². The second-order valence-electron chi connectivity index (χ2n) is 6.01. The fraction of sp³-hybridized carbons (Fsp3) is 0.692. The Bertz CT molecular complexity index is 525. The van der Waals surface area contributed by atoms with Crippen LogP contribution in [-0.4, -0.2) is 14.5 Å². The van der Waals surface area contributed by atoms with Crippen molar-refractivity contribution < 1.29 is 8.42 Å². The highest BCUT2D eigenvalue weighted by molar-refractivity contribution is 7.89. The molecule has 1 aromatic heterocycles. The predicted molar refractivity (Wildman–Crippen MR) is 78.6 cm³/mol. The first kappa shape index (κ1) is 15.0. The molecule has 1 aromatic rings. The van der Waals surface area contributed by atoms with Crippen LogP contribution in [0.4, 0.5) is 0 Å². The molecule has 1 heterocycles. The van der Waals surface area contributed by atoms with Gasteiger partial charge in [-0.25, -0.2) is 13.1 Å². The third kappa shape index (κ3) is 3.78. The lowest BCUT2D eigenvalue weighted by molar-refractivity contribution is 0.218. The molecular weight excluding hydrogens is 280 g/mol. The minimum absolute atomic E-state index is 0.0688. The van der Waals surface area contributed by atoms with Gasteiger partial charge < -0.3 is 5.73 Å². The van der Waals surface area contributed by atoms with Crippen LogP contribution in [0, 0.1) is 5.41 Å². The number of hydrogen-bond acceptors (Lipinski definition) is 4. The monoisotopic (exact) mass is 302 g/mol. The van der Waals surface area contributed by atoms with Crippen molar-refractivity contribution >= 4 is 21.4 Å². The van der Waals surface area contributed by atoms with Gasteiger partial charge in [0.05, 0.1) is 4.90 Å². The molecule has 0 unspecified atom stereocenters. The van der Waals surface area contributed by atoms with Gasteiger partial charge in [0.1, 0.15) is 0 Å². The summed E-state index contributed by atoms with van der Waals surface area (Å²) in [5, 5.41) is 1.66. The van der Waals surface area contributed by atoms with Gasteiger partial charge in [-0.05, 0) is 37.2 Å². The van der Waals surface area contributed by atoms with Crippen LogP contribution in [0.1, 0.15) is 44.4 Å². The first-order valence-corrected chi connectivity index (χ1v) is 8.98. The van der Waals surface area contributed by atoms with Crippen LogP contribution in [0.15, 0.2) is 16.3 Å². The number of rotatable bonds is 4. The Morgan fingerprint density at radius 1 is 1.42 bits per heavy atom. The molecule has 0 atom stereocenters. The van der Waals surface area contributed by atoms with E-state index < -0.39 is 10.0 Å². The Balaban J connectivity index is 2.02. The topological polar surface area (TPSA) is 72.2 Å². The molecule has 19 heavy (non-hydrogen) atoms. The average Bonchev–Trinajstić information content (AvgIpc) is 2.81. The van der Waals surface area contributed by atoms with Crippen molar-refractivity contribution in [3.63, 3.8) is 0 Å². The minimum Gasteiger partial charge on any atom is -0.326 e. The first-order valence-electron chi connectivity index (χ1n) is 6.62. The maximum atomic E-state index is 12.2. The average molecular weight is 302 g/mol. The molecule has 3 N–H and O–H groups in total. The van der Waals surface area contributed by atoms with Crippen molar-refractivity contribution in [2.75, 3.05) is 0 Å². The summed E-state index contributed by atoms with van der Waals surface area (Å²) in [4.78, 5) is 1.24. The largest absolute Gasteiger partial charge is 0.326 e. The minimum atomic E-state index is -3.38. The van der Waals surface area contributed by atoms with Gasteiger partial charge in [0.2, 0.25) is 10.0 Å². The second kappa shape index (κ2) is 5.52. The van der Waals surface area contributed by atoms with Gasteiger partial charge in [-0.2, -0.15) is 0 Å². The molecule has 4 nitrogen and oxygen atoms in total. The molecule has 1 saturated carbocycles. The normalized spacial score (nSPS) is 20.6. The van der Waals surface area contributed by atoms with Crippen molar-refractivity contribution in [2.45, 2.75) is 57.0 Å². The maximum Gasteiger partial charge on any atom is 0.241 e. The van der Waals surface area contributed by atoms with Gasteiger partial charge in [-0.3, -0.25) is 0 Å². The summed E-state index contributed by atoms with van der Waals surface area (Å²) in [6, 6.07) is 1.74.